The Labute approximate surface area is 126 Å². The molecule has 2 N–H and O–H groups in total. The quantitative estimate of drug-likeness (QED) is 0.916. The number of benzene rings is 2. The highest BCUT2D eigenvalue weighted by Gasteiger charge is 2.18. The maximum Gasteiger partial charge on any atom is 0.227 e. The molecular formula is C18H22N2O. The molecule has 0 aliphatic rings. The lowest BCUT2D eigenvalue weighted by Gasteiger charge is -2.26. The summed E-state index contributed by atoms with van der Waals surface area (Å²) in [6, 6.07) is 18.0. The molecule has 1 atom stereocenters. The molecule has 0 bridgehead atoms. The summed E-state index contributed by atoms with van der Waals surface area (Å²) in [7, 11) is 1.85. The van der Waals surface area contributed by atoms with Crippen molar-refractivity contribution in [3.05, 3.63) is 71.3 Å². The molecule has 2 aromatic carbocycles. The van der Waals surface area contributed by atoms with E-state index < -0.39 is 0 Å². The van der Waals surface area contributed by atoms with Crippen molar-refractivity contribution in [3.8, 4) is 0 Å². The van der Waals surface area contributed by atoms with E-state index in [0.717, 1.165) is 16.7 Å². The van der Waals surface area contributed by atoms with Crippen LogP contribution in [-0.4, -0.2) is 17.9 Å². The Kier molecular flexibility index (Phi) is 5.12. The Morgan fingerprint density at radius 2 is 1.62 bits per heavy atom. The first-order chi connectivity index (χ1) is 10.1. The lowest BCUT2D eigenvalue weighted by Crippen LogP contribution is -2.31. The van der Waals surface area contributed by atoms with Crippen molar-refractivity contribution in [3.63, 3.8) is 0 Å². The summed E-state index contributed by atoms with van der Waals surface area (Å²) in [4.78, 5) is 14.3. The van der Waals surface area contributed by atoms with Crippen LogP contribution in [-0.2, 0) is 17.8 Å². The highest BCUT2D eigenvalue weighted by Crippen LogP contribution is 2.19. The van der Waals surface area contributed by atoms with Crippen LogP contribution in [0.2, 0.25) is 0 Å². The zero-order chi connectivity index (χ0) is 15.2. The molecule has 3 nitrogen and oxygen atoms in total. The van der Waals surface area contributed by atoms with E-state index in [1.54, 1.807) is 4.90 Å². The van der Waals surface area contributed by atoms with Crippen LogP contribution in [0.5, 0.6) is 0 Å². The standard InChI is InChI=1S/C18H22N2O/c1-14(15-8-4-3-5-9-15)20(2)18(21)12-16-10-6-7-11-17(16)13-19/h3-11,14H,12-13,19H2,1-2H3. The smallest absolute Gasteiger partial charge is 0.227 e. The first-order valence-corrected chi connectivity index (χ1v) is 7.21. The third-order valence-electron chi connectivity index (χ3n) is 3.94. The fourth-order valence-electron chi connectivity index (χ4n) is 2.39. The fourth-order valence-corrected chi connectivity index (χ4v) is 2.39. The highest BCUT2D eigenvalue weighted by atomic mass is 16.2. The van der Waals surface area contributed by atoms with E-state index in [9.17, 15) is 4.79 Å². The Morgan fingerprint density at radius 1 is 1.05 bits per heavy atom. The number of hydrogen-bond acceptors (Lipinski definition) is 2. The van der Waals surface area contributed by atoms with Crippen molar-refractivity contribution in [1.82, 2.24) is 4.90 Å². The van der Waals surface area contributed by atoms with Crippen molar-refractivity contribution < 1.29 is 4.79 Å². The Balaban J connectivity index is 2.09. The molecule has 2 aromatic rings. The van der Waals surface area contributed by atoms with Gasteiger partial charge < -0.3 is 10.6 Å². The molecule has 0 saturated heterocycles. The second kappa shape index (κ2) is 7.04. The summed E-state index contributed by atoms with van der Waals surface area (Å²) in [5.74, 6) is 0.104. The van der Waals surface area contributed by atoms with Crippen molar-refractivity contribution >= 4 is 5.91 Å². The Bertz CT molecular complexity index is 595. The number of carbonyl (C=O) groups excluding carboxylic acids is 1. The molecule has 21 heavy (non-hydrogen) atoms. The van der Waals surface area contributed by atoms with Gasteiger partial charge in [-0.05, 0) is 23.6 Å². The number of nitrogens with two attached hydrogens (primary N) is 1. The lowest BCUT2D eigenvalue weighted by molar-refractivity contribution is -0.131. The van der Waals surface area contributed by atoms with Crippen molar-refractivity contribution in [1.29, 1.82) is 0 Å². The largest absolute Gasteiger partial charge is 0.339 e. The second-order valence-electron chi connectivity index (χ2n) is 5.24. The second-order valence-corrected chi connectivity index (χ2v) is 5.24. The molecule has 0 spiro atoms. The minimum Gasteiger partial charge on any atom is -0.339 e. The first kappa shape index (κ1) is 15.3. The zero-order valence-corrected chi connectivity index (χ0v) is 12.6. The number of rotatable bonds is 5. The molecule has 0 aromatic heterocycles. The van der Waals surface area contributed by atoms with E-state index in [2.05, 4.69) is 0 Å². The molecule has 2 rings (SSSR count). The number of carbonyl (C=O) groups is 1. The average molecular weight is 282 g/mol. The maximum absolute atomic E-state index is 12.5. The summed E-state index contributed by atoms with van der Waals surface area (Å²) in [6.45, 7) is 2.50. The van der Waals surface area contributed by atoms with Crippen LogP contribution >= 0.6 is 0 Å². The van der Waals surface area contributed by atoms with Gasteiger partial charge in [-0.25, -0.2) is 0 Å². The number of hydrogen-bond donors (Lipinski definition) is 1. The molecule has 0 aliphatic heterocycles. The summed E-state index contributed by atoms with van der Waals surface area (Å²) < 4.78 is 0. The minimum absolute atomic E-state index is 0.0590. The Hall–Kier alpha value is -2.13. The van der Waals surface area contributed by atoms with Crippen molar-refractivity contribution in [2.45, 2.75) is 25.9 Å². The highest BCUT2D eigenvalue weighted by molar-refractivity contribution is 5.79. The van der Waals surface area contributed by atoms with Gasteiger partial charge in [-0.1, -0.05) is 54.6 Å². The molecular weight excluding hydrogens is 260 g/mol. The lowest BCUT2D eigenvalue weighted by atomic mass is 10.0. The van der Waals surface area contributed by atoms with E-state index in [-0.39, 0.29) is 11.9 Å². The molecule has 0 aliphatic carbocycles. The van der Waals surface area contributed by atoms with Gasteiger partial charge in [0.1, 0.15) is 0 Å². The number of likely N-dealkylation sites (N-methyl/N-ethyl adjacent to an activating group) is 1. The molecule has 0 saturated carbocycles. The van der Waals surface area contributed by atoms with Crippen LogP contribution in [0.3, 0.4) is 0 Å². The summed E-state index contributed by atoms with van der Waals surface area (Å²) in [5.41, 5.74) is 8.91. The topological polar surface area (TPSA) is 46.3 Å². The average Bonchev–Trinajstić information content (AvgIpc) is 2.54. The summed E-state index contributed by atoms with van der Waals surface area (Å²) in [6.07, 6.45) is 0.390. The van der Waals surface area contributed by atoms with Crippen LogP contribution in [0.25, 0.3) is 0 Å². The molecule has 0 radical (unpaired) electrons. The predicted octanol–water partition coefficient (Wildman–Crippen LogP) is 2.91. The molecule has 3 heteroatoms. The van der Waals surface area contributed by atoms with Gasteiger partial charge in [0.25, 0.3) is 0 Å². The zero-order valence-electron chi connectivity index (χ0n) is 12.6. The number of nitrogens with zero attached hydrogens (tertiary/aromatic N) is 1. The van der Waals surface area contributed by atoms with E-state index in [1.165, 1.54) is 0 Å². The number of amides is 1. The third-order valence-corrected chi connectivity index (χ3v) is 3.94. The van der Waals surface area contributed by atoms with Crippen molar-refractivity contribution in [2.75, 3.05) is 7.05 Å². The van der Waals surface area contributed by atoms with Crippen LogP contribution in [0.4, 0.5) is 0 Å². The van der Waals surface area contributed by atoms with Gasteiger partial charge in [-0.3, -0.25) is 4.79 Å². The van der Waals surface area contributed by atoms with E-state index in [4.69, 9.17) is 5.73 Å². The van der Waals surface area contributed by atoms with Gasteiger partial charge >= 0.3 is 0 Å². The normalized spacial score (nSPS) is 12.0. The summed E-state index contributed by atoms with van der Waals surface area (Å²) in [5, 5.41) is 0. The van der Waals surface area contributed by atoms with E-state index in [0.29, 0.717) is 13.0 Å². The predicted molar refractivity (Wildman–Crippen MR) is 85.7 cm³/mol. The van der Waals surface area contributed by atoms with Gasteiger partial charge in [0, 0.05) is 13.6 Å². The van der Waals surface area contributed by atoms with Crippen molar-refractivity contribution in [2.24, 2.45) is 5.73 Å². The molecule has 1 unspecified atom stereocenters. The molecule has 0 fully saturated rings. The van der Waals surface area contributed by atoms with Crippen LogP contribution < -0.4 is 5.73 Å². The van der Waals surface area contributed by atoms with Gasteiger partial charge in [0.2, 0.25) is 5.91 Å². The molecule has 0 heterocycles. The monoisotopic (exact) mass is 282 g/mol. The van der Waals surface area contributed by atoms with Crippen LogP contribution in [0.1, 0.15) is 29.7 Å². The SMILES string of the molecule is CC(c1ccccc1)N(C)C(=O)Cc1ccccc1CN. The Morgan fingerprint density at radius 3 is 2.24 bits per heavy atom. The third kappa shape index (κ3) is 3.70. The van der Waals surface area contributed by atoms with Gasteiger partial charge in [-0.2, -0.15) is 0 Å². The maximum atomic E-state index is 12.5. The van der Waals surface area contributed by atoms with Crippen LogP contribution in [0.15, 0.2) is 54.6 Å². The van der Waals surface area contributed by atoms with Crippen LogP contribution in [0, 0.1) is 0 Å². The van der Waals surface area contributed by atoms with Gasteiger partial charge in [-0.15, -0.1) is 0 Å². The minimum atomic E-state index is 0.0590. The molecule has 110 valence electrons. The van der Waals surface area contributed by atoms with Gasteiger partial charge in [0.05, 0.1) is 12.5 Å². The molecule has 1 amide bonds. The van der Waals surface area contributed by atoms with E-state index in [1.807, 2.05) is 68.6 Å². The van der Waals surface area contributed by atoms with Gasteiger partial charge in [0.15, 0.2) is 0 Å². The summed E-state index contributed by atoms with van der Waals surface area (Å²) >= 11 is 0. The fraction of sp³-hybridized carbons (Fsp3) is 0.278. The first-order valence-electron chi connectivity index (χ1n) is 7.21. The van der Waals surface area contributed by atoms with E-state index >= 15 is 0 Å².